The third kappa shape index (κ3) is 13.1. The van der Waals surface area contributed by atoms with E-state index in [0.29, 0.717) is 0 Å². The number of unbranched alkanes of at least 4 members (excludes halogenated alkanes) is 10. The molecule has 0 radical (unpaired) electrons. The fourth-order valence-corrected chi connectivity index (χ4v) is 10.8. The summed E-state index contributed by atoms with van der Waals surface area (Å²) in [5.74, 6) is -0.916. The second-order valence-corrected chi connectivity index (χ2v) is 20.4. The molecular weight excluding hydrogens is 705 g/mol. The lowest BCUT2D eigenvalue weighted by Gasteiger charge is -2.55. The molecule has 0 N–H and O–H groups in total. The van der Waals surface area contributed by atoms with Crippen molar-refractivity contribution in [1.82, 2.24) is 9.80 Å². The lowest BCUT2D eigenvalue weighted by Crippen LogP contribution is -2.63. The van der Waals surface area contributed by atoms with Crippen molar-refractivity contribution in [2.75, 3.05) is 13.1 Å². The van der Waals surface area contributed by atoms with Crippen LogP contribution in [0.1, 0.15) is 183 Å². The van der Waals surface area contributed by atoms with Crippen LogP contribution in [0, 0.1) is 5.41 Å². The average molecular weight is 787 g/mol. The van der Waals surface area contributed by atoms with Gasteiger partial charge in [0.25, 0.3) is 0 Å². The summed E-state index contributed by atoms with van der Waals surface area (Å²) in [7, 11) is 0. The van der Waals surface area contributed by atoms with Crippen LogP contribution in [0.4, 0.5) is 0 Å². The van der Waals surface area contributed by atoms with E-state index in [1.165, 1.54) is 77.0 Å². The summed E-state index contributed by atoms with van der Waals surface area (Å²) in [6, 6.07) is 19.9. The summed E-state index contributed by atoms with van der Waals surface area (Å²) < 4.78 is 13.4. The molecule has 6 nitrogen and oxygen atoms in total. The molecule has 4 rings (SSSR count). The van der Waals surface area contributed by atoms with Gasteiger partial charge in [0.05, 0.1) is 0 Å². The molecule has 6 heteroatoms. The topological polar surface area (TPSA) is 59.1 Å². The zero-order chi connectivity index (χ0) is 41.7. The van der Waals surface area contributed by atoms with Crippen LogP contribution >= 0.6 is 0 Å². The first-order chi connectivity index (χ1) is 27.0. The minimum atomic E-state index is -1.55. The molecule has 0 bridgehead atoms. The minimum Gasteiger partial charge on any atom is -0.461 e. The molecular formula is C51H82N2O4. The number of likely N-dealkylation sites (tertiary alicyclic amines) is 2. The van der Waals surface area contributed by atoms with Gasteiger partial charge in [0.15, 0.2) is 5.41 Å². The van der Waals surface area contributed by atoms with Crippen molar-refractivity contribution in [3.8, 4) is 0 Å². The highest BCUT2D eigenvalue weighted by atomic mass is 16.6. The van der Waals surface area contributed by atoms with E-state index in [4.69, 9.17) is 9.47 Å². The van der Waals surface area contributed by atoms with Crippen LogP contribution in [0.25, 0.3) is 0 Å². The third-order valence-electron chi connectivity index (χ3n) is 13.3. The first kappa shape index (κ1) is 47.0. The first-order valence-corrected chi connectivity index (χ1v) is 23.0. The van der Waals surface area contributed by atoms with E-state index in [-0.39, 0.29) is 47.2 Å². The fourth-order valence-electron chi connectivity index (χ4n) is 10.8. The van der Waals surface area contributed by atoms with Crippen molar-refractivity contribution in [2.45, 2.75) is 219 Å². The minimum absolute atomic E-state index is 0.168. The van der Waals surface area contributed by atoms with Gasteiger partial charge in [0.2, 0.25) is 0 Å². The predicted molar refractivity (Wildman–Crippen MR) is 237 cm³/mol. The van der Waals surface area contributed by atoms with Crippen molar-refractivity contribution in [3.63, 3.8) is 0 Å². The van der Waals surface area contributed by atoms with Crippen LogP contribution in [0.2, 0.25) is 0 Å². The number of hydrogen-bond donors (Lipinski definition) is 0. The molecule has 320 valence electrons. The number of esters is 2. The van der Waals surface area contributed by atoms with E-state index >= 15 is 9.59 Å². The molecule has 0 unspecified atom stereocenters. The van der Waals surface area contributed by atoms with Crippen LogP contribution in [-0.2, 0) is 31.9 Å². The fraction of sp³-hybridized carbons (Fsp3) is 0.725. The number of piperidine rings is 2. The SMILES string of the molecule is CCCCCCCCN1C(C)(C)CC(OC(=O)C(Cc2ccccc2)(Cc2ccccc2)C(=O)OC2CC(C)(C)N(CCCCCCCC)C(C)(C)C2)CC1(C)C. The second kappa shape index (κ2) is 21.0. The first-order valence-electron chi connectivity index (χ1n) is 23.0. The van der Waals surface area contributed by atoms with Gasteiger partial charge in [-0.15, -0.1) is 0 Å². The molecule has 2 aromatic carbocycles. The Morgan fingerprint density at radius 3 is 1.12 bits per heavy atom. The van der Waals surface area contributed by atoms with E-state index in [1.807, 2.05) is 60.7 Å². The summed E-state index contributed by atoms with van der Waals surface area (Å²) >= 11 is 0. The molecule has 2 aromatic rings. The number of ether oxygens (including phenoxy) is 2. The Bertz CT molecular complexity index is 1350. The molecule has 2 aliphatic rings. The molecule has 0 aromatic heterocycles. The van der Waals surface area contributed by atoms with Gasteiger partial charge < -0.3 is 9.47 Å². The Kier molecular flexibility index (Phi) is 17.3. The highest BCUT2D eigenvalue weighted by Gasteiger charge is 2.54. The number of hydrogen-bond acceptors (Lipinski definition) is 6. The largest absolute Gasteiger partial charge is 0.461 e. The van der Waals surface area contributed by atoms with Crippen LogP contribution in [-0.4, -0.2) is 69.2 Å². The number of nitrogens with zero attached hydrogens (tertiary/aromatic N) is 2. The average Bonchev–Trinajstić information content (AvgIpc) is 3.12. The zero-order valence-corrected chi connectivity index (χ0v) is 38.1. The van der Waals surface area contributed by atoms with E-state index < -0.39 is 17.4 Å². The number of carbonyl (C=O) groups excluding carboxylic acids is 2. The van der Waals surface area contributed by atoms with Crippen molar-refractivity contribution in [2.24, 2.45) is 5.41 Å². The zero-order valence-electron chi connectivity index (χ0n) is 38.1. The molecule has 0 spiro atoms. The Labute approximate surface area is 349 Å². The molecule has 2 fully saturated rings. The number of rotatable bonds is 22. The van der Waals surface area contributed by atoms with Crippen molar-refractivity contribution in [3.05, 3.63) is 71.8 Å². The third-order valence-corrected chi connectivity index (χ3v) is 13.3. The highest BCUT2D eigenvalue weighted by molar-refractivity contribution is 6.01. The van der Waals surface area contributed by atoms with Gasteiger partial charge in [-0.25, -0.2) is 0 Å². The maximum Gasteiger partial charge on any atom is 0.324 e. The summed E-state index contributed by atoms with van der Waals surface area (Å²) in [6.07, 6.45) is 17.9. The van der Waals surface area contributed by atoms with Gasteiger partial charge >= 0.3 is 11.9 Å². The van der Waals surface area contributed by atoms with Crippen LogP contribution < -0.4 is 0 Å². The lowest BCUT2D eigenvalue weighted by atomic mass is 9.74. The number of carbonyl (C=O) groups is 2. The molecule has 2 heterocycles. The Morgan fingerprint density at radius 2 is 0.807 bits per heavy atom. The molecule has 0 aliphatic carbocycles. The van der Waals surface area contributed by atoms with E-state index in [9.17, 15) is 0 Å². The maximum absolute atomic E-state index is 15.2. The molecule has 0 amide bonds. The van der Waals surface area contributed by atoms with Crippen LogP contribution in [0.5, 0.6) is 0 Å². The lowest BCUT2D eigenvalue weighted by molar-refractivity contribution is -0.188. The van der Waals surface area contributed by atoms with Crippen LogP contribution in [0.15, 0.2) is 60.7 Å². The second-order valence-electron chi connectivity index (χ2n) is 20.4. The Balaban J connectivity index is 1.60. The van der Waals surface area contributed by atoms with Gasteiger partial charge in [0, 0.05) is 47.8 Å². The Morgan fingerprint density at radius 1 is 0.509 bits per heavy atom. The smallest absolute Gasteiger partial charge is 0.324 e. The van der Waals surface area contributed by atoms with Crippen molar-refractivity contribution in [1.29, 1.82) is 0 Å². The van der Waals surface area contributed by atoms with Gasteiger partial charge in [-0.2, -0.15) is 0 Å². The predicted octanol–water partition coefficient (Wildman–Crippen LogP) is 12.3. The maximum atomic E-state index is 15.2. The molecule has 57 heavy (non-hydrogen) atoms. The van der Waals surface area contributed by atoms with Crippen LogP contribution in [0.3, 0.4) is 0 Å². The normalized spacial score (nSPS) is 20.0. The van der Waals surface area contributed by atoms with Gasteiger partial charge in [-0.05, 0) is 105 Å². The van der Waals surface area contributed by atoms with Crippen molar-refractivity contribution >= 4 is 11.9 Å². The monoisotopic (exact) mass is 787 g/mol. The molecule has 0 atom stereocenters. The van der Waals surface area contributed by atoms with Gasteiger partial charge in [-0.3, -0.25) is 19.4 Å². The molecule has 0 saturated carbocycles. The Hall–Kier alpha value is -2.70. The summed E-state index contributed by atoms with van der Waals surface area (Å²) in [5.41, 5.74) is -0.372. The summed E-state index contributed by atoms with van der Waals surface area (Å²) in [6.45, 7) is 25.0. The summed E-state index contributed by atoms with van der Waals surface area (Å²) in [5, 5.41) is 0. The quantitative estimate of drug-likeness (QED) is 0.0673. The van der Waals surface area contributed by atoms with E-state index in [0.717, 1.165) is 49.9 Å². The van der Waals surface area contributed by atoms with Gasteiger partial charge in [0.1, 0.15) is 12.2 Å². The summed E-state index contributed by atoms with van der Waals surface area (Å²) in [4.78, 5) is 35.7. The van der Waals surface area contributed by atoms with E-state index in [2.05, 4.69) is 79.0 Å². The molecule has 2 aliphatic heterocycles. The van der Waals surface area contributed by atoms with Crippen molar-refractivity contribution < 1.29 is 19.1 Å². The standard InChI is InChI=1S/C51H82N2O4/c1-11-13-15-17-19-27-33-52-47(3,4)37-43(38-48(52,5)6)56-45(54)51(35-41-29-23-21-24-30-41,36-42-31-25-22-26-32-42)46(55)57-44-39-49(7,8)53(50(9,10)40-44)34-28-20-18-16-14-12-2/h21-26,29-32,43-44H,11-20,27-28,33-40H2,1-10H3. The number of benzene rings is 2. The molecule has 2 saturated heterocycles. The highest BCUT2D eigenvalue weighted by Crippen LogP contribution is 2.44. The van der Waals surface area contributed by atoms with E-state index in [1.54, 1.807) is 0 Å². The van der Waals surface area contributed by atoms with Gasteiger partial charge in [-0.1, -0.05) is 139 Å².